The van der Waals surface area contributed by atoms with Crippen LogP contribution in [0.15, 0.2) is 35.4 Å². The summed E-state index contributed by atoms with van der Waals surface area (Å²) in [4.78, 5) is 42.6. The lowest BCUT2D eigenvalue weighted by atomic mass is 10.2. The third-order valence-corrected chi connectivity index (χ3v) is 5.48. The van der Waals surface area contributed by atoms with E-state index in [9.17, 15) is 14.4 Å². The van der Waals surface area contributed by atoms with Crippen LogP contribution in [0.5, 0.6) is 0 Å². The Bertz CT molecular complexity index is 1110. The molecule has 0 aliphatic rings. The molecule has 0 saturated heterocycles. The van der Waals surface area contributed by atoms with E-state index < -0.39 is 5.97 Å². The molecule has 0 fully saturated rings. The maximum absolute atomic E-state index is 12.9. The molecule has 0 saturated carbocycles. The molecule has 29 heavy (non-hydrogen) atoms. The van der Waals surface area contributed by atoms with Crippen molar-refractivity contribution in [3.05, 3.63) is 57.0 Å². The number of aryl methyl sites for hydroxylation is 2. The number of thiophene rings is 1. The molecule has 7 nitrogen and oxygen atoms in total. The zero-order chi connectivity index (χ0) is 21.1. The summed E-state index contributed by atoms with van der Waals surface area (Å²) in [5.41, 5.74) is 1.92. The largest absolute Gasteiger partial charge is 0.461 e. The van der Waals surface area contributed by atoms with Crippen molar-refractivity contribution in [3.8, 4) is 0 Å². The molecule has 0 bridgehead atoms. The van der Waals surface area contributed by atoms with Crippen molar-refractivity contribution in [2.45, 2.75) is 34.2 Å². The Kier molecular flexibility index (Phi) is 6.12. The van der Waals surface area contributed by atoms with Crippen molar-refractivity contribution in [2.24, 2.45) is 5.92 Å². The van der Waals surface area contributed by atoms with Gasteiger partial charge in [0.05, 0.1) is 18.3 Å². The number of anilines is 1. The quantitative estimate of drug-likeness (QED) is 0.625. The number of nitrogens with zero attached hydrogens (tertiary/aromatic N) is 2. The molecule has 0 unspecified atom stereocenters. The molecule has 2 heterocycles. The van der Waals surface area contributed by atoms with Crippen molar-refractivity contribution in [2.75, 3.05) is 11.9 Å². The average Bonchev–Trinajstić information content (AvgIpc) is 3.01. The van der Waals surface area contributed by atoms with Crippen LogP contribution < -0.4 is 10.9 Å². The number of carbonyl (C=O) groups excluding carboxylic acids is 2. The minimum Gasteiger partial charge on any atom is -0.461 e. The predicted octanol–water partition coefficient (Wildman–Crippen LogP) is 3.53. The van der Waals surface area contributed by atoms with Gasteiger partial charge < -0.3 is 10.1 Å². The first kappa shape index (κ1) is 20.7. The van der Waals surface area contributed by atoms with Crippen LogP contribution in [0.2, 0.25) is 0 Å². The van der Waals surface area contributed by atoms with Gasteiger partial charge in [-0.05, 0) is 37.5 Å². The fourth-order valence-corrected chi connectivity index (χ4v) is 3.80. The van der Waals surface area contributed by atoms with Crippen molar-refractivity contribution in [1.29, 1.82) is 0 Å². The monoisotopic (exact) mass is 413 g/mol. The van der Waals surface area contributed by atoms with E-state index in [4.69, 9.17) is 4.74 Å². The molecule has 0 radical (unpaired) electrons. The molecule has 8 heteroatoms. The highest BCUT2D eigenvalue weighted by Crippen LogP contribution is 2.27. The number of benzene rings is 1. The number of fused-ring (bicyclic) bond motifs is 1. The average molecular weight is 413 g/mol. The van der Waals surface area contributed by atoms with Crippen LogP contribution in [-0.4, -0.2) is 28.0 Å². The highest BCUT2D eigenvalue weighted by atomic mass is 32.1. The summed E-state index contributed by atoms with van der Waals surface area (Å²) in [5.74, 6) is -0.570. The van der Waals surface area contributed by atoms with Crippen LogP contribution in [0.4, 0.5) is 5.69 Å². The van der Waals surface area contributed by atoms with Crippen LogP contribution in [0.3, 0.4) is 0 Å². The minimum absolute atomic E-state index is 0.169. The van der Waals surface area contributed by atoms with E-state index in [1.807, 2.05) is 32.9 Å². The summed E-state index contributed by atoms with van der Waals surface area (Å²) in [6.45, 7) is 7.70. The summed E-state index contributed by atoms with van der Waals surface area (Å²) < 4.78 is 6.52. The van der Waals surface area contributed by atoms with Crippen LogP contribution in [0.1, 0.15) is 34.6 Å². The van der Waals surface area contributed by atoms with Crippen LogP contribution in [0, 0.1) is 19.8 Å². The fourth-order valence-electron chi connectivity index (χ4n) is 2.77. The van der Waals surface area contributed by atoms with Gasteiger partial charge in [-0.2, -0.15) is 0 Å². The highest BCUT2D eigenvalue weighted by molar-refractivity contribution is 7.20. The molecule has 3 aromatic rings. The van der Waals surface area contributed by atoms with E-state index in [0.29, 0.717) is 33.0 Å². The highest BCUT2D eigenvalue weighted by Gasteiger charge is 2.21. The van der Waals surface area contributed by atoms with Gasteiger partial charge in [0.15, 0.2) is 0 Å². The van der Waals surface area contributed by atoms with Gasteiger partial charge in [-0.15, -0.1) is 11.3 Å². The number of nitrogens with one attached hydrogen (secondary N) is 1. The van der Waals surface area contributed by atoms with Gasteiger partial charge in [-0.25, -0.2) is 9.78 Å². The minimum atomic E-state index is -0.456. The van der Waals surface area contributed by atoms with Crippen molar-refractivity contribution >= 4 is 39.1 Å². The van der Waals surface area contributed by atoms with Gasteiger partial charge in [0.1, 0.15) is 16.3 Å². The number of esters is 1. The molecule has 1 amide bonds. The predicted molar refractivity (Wildman–Crippen MR) is 114 cm³/mol. The maximum atomic E-state index is 12.9. The Morgan fingerprint density at radius 1 is 1.21 bits per heavy atom. The molecule has 1 N–H and O–H groups in total. The van der Waals surface area contributed by atoms with Crippen LogP contribution in [0.25, 0.3) is 10.2 Å². The van der Waals surface area contributed by atoms with E-state index >= 15 is 0 Å². The third-order valence-electron chi connectivity index (χ3n) is 4.30. The summed E-state index contributed by atoms with van der Waals surface area (Å²) in [5, 5.41) is 3.10. The van der Waals surface area contributed by atoms with Crippen LogP contribution in [-0.2, 0) is 16.1 Å². The molecule has 1 aromatic carbocycles. The van der Waals surface area contributed by atoms with Crippen molar-refractivity contribution in [3.63, 3.8) is 0 Å². The lowest BCUT2D eigenvalue weighted by Crippen LogP contribution is -2.27. The number of aromatic nitrogens is 2. The lowest BCUT2D eigenvalue weighted by Gasteiger charge is -2.08. The summed E-state index contributed by atoms with van der Waals surface area (Å²) in [6.07, 6.45) is 1.33. The zero-order valence-corrected chi connectivity index (χ0v) is 17.6. The maximum Gasteiger partial charge on any atom is 0.348 e. The summed E-state index contributed by atoms with van der Waals surface area (Å²) in [6, 6.07) is 7.39. The first-order valence-electron chi connectivity index (χ1n) is 9.28. The van der Waals surface area contributed by atoms with E-state index in [0.717, 1.165) is 16.9 Å². The molecule has 0 aliphatic carbocycles. The second kappa shape index (κ2) is 8.57. The number of ether oxygens (including phenoxy) is 1. The lowest BCUT2D eigenvalue weighted by molar-refractivity contribution is -0.116. The summed E-state index contributed by atoms with van der Waals surface area (Å²) in [7, 11) is 0. The number of hydrogen-bond donors (Lipinski definition) is 1. The molecular formula is C21H23N3O4S. The van der Waals surface area contributed by atoms with Crippen molar-refractivity contribution in [1.82, 2.24) is 9.55 Å². The second-order valence-electron chi connectivity index (χ2n) is 7.32. The van der Waals surface area contributed by atoms with Gasteiger partial charge >= 0.3 is 5.97 Å². The normalized spacial score (nSPS) is 11.1. The van der Waals surface area contributed by atoms with E-state index in [-0.39, 0.29) is 23.9 Å². The van der Waals surface area contributed by atoms with Gasteiger partial charge in [-0.1, -0.05) is 31.5 Å². The molecule has 0 aliphatic heterocycles. The Morgan fingerprint density at radius 2 is 1.90 bits per heavy atom. The molecule has 3 rings (SSSR count). The van der Waals surface area contributed by atoms with Gasteiger partial charge in [0, 0.05) is 5.69 Å². The fraction of sp³-hybridized carbons (Fsp3) is 0.333. The van der Waals surface area contributed by atoms with Gasteiger partial charge in [0.2, 0.25) is 5.91 Å². The van der Waals surface area contributed by atoms with Gasteiger partial charge in [0.25, 0.3) is 5.56 Å². The summed E-state index contributed by atoms with van der Waals surface area (Å²) >= 11 is 1.13. The molecule has 152 valence electrons. The number of rotatable bonds is 6. The van der Waals surface area contributed by atoms with E-state index in [1.54, 1.807) is 19.1 Å². The zero-order valence-electron chi connectivity index (χ0n) is 16.8. The Labute approximate surface area is 172 Å². The standard InChI is InChI=1S/C21H23N3O4S/c1-12(2)10-28-21(27)18-14(4)17-19(29-18)22-11-24(20(17)26)9-16(25)23-15-7-5-13(3)6-8-15/h5-8,11-12H,9-10H2,1-4H3,(H,23,25). The Hall–Kier alpha value is -3.00. The smallest absolute Gasteiger partial charge is 0.348 e. The van der Waals surface area contributed by atoms with Crippen LogP contribution >= 0.6 is 11.3 Å². The Morgan fingerprint density at radius 3 is 2.55 bits per heavy atom. The second-order valence-corrected chi connectivity index (χ2v) is 8.32. The first-order valence-corrected chi connectivity index (χ1v) is 10.1. The Balaban J connectivity index is 1.83. The SMILES string of the molecule is Cc1ccc(NC(=O)Cn2cnc3sc(C(=O)OCC(C)C)c(C)c3c2=O)cc1. The van der Waals surface area contributed by atoms with Crippen molar-refractivity contribution < 1.29 is 14.3 Å². The topological polar surface area (TPSA) is 90.3 Å². The van der Waals surface area contributed by atoms with E-state index in [2.05, 4.69) is 10.3 Å². The number of amides is 1. The molecular weight excluding hydrogens is 390 g/mol. The van der Waals surface area contributed by atoms with E-state index in [1.165, 1.54) is 10.9 Å². The molecule has 0 spiro atoms. The molecule has 0 atom stereocenters. The number of hydrogen-bond acceptors (Lipinski definition) is 6. The third kappa shape index (κ3) is 4.71. The van der Waals surface area contributed by atoms with Gasteiger partial charge in [-0.3, -0.25) is 14.2 Å². The first-order chi connectivity index (χ1) is 13.8. The molecule has 2 aromatic heterocycles. The number of carbonyl (C=O) groups is 2.